The first kappa shape index (κ1) is 79.9. The van der Waals surface area contributed by atoms with Gasteiger partial charge in [-0.1, -0.05) is 406 Å². The number of ether oxygens (including phenoxy) is 1. The second-order valence-electron chi connectivity index (χ2n) is 26.4. The molecular weight excluding hydrogens is 995 g/mol. The van der Waals surface area contributed by atoms with Gasteiger partial charge in [0.25, 0.3) is 0 Å². The number of hydrogen-bond acceptors (Lipinski definition) is 5. The van der Waals surface area contributed by atoms with Gasteiger partial charge in [0.05, 0.1) is 25.4 Å². The van der Waals surface area contributed by atoms with E-state index >= 15 is 0 Å². The lowest BCUT2D eigenvalue weighted by atomic mass is 10.0. The average Bonchev–Trinajstić information content (AvgIpc) is 3.47. The molecule has 0 saturated heterocycles. The smallest absolute Gasteiger partial charge is 0.305 e. The maximum absolute atomic E-state index is 12.6. The van der Waals surface area contributed by atoms with Crippen molar-refractivity contribution in [1.82, 2.24) is 5.32 Å². The molecule has 0 spiro atoms. The lowest BCUT2D eigenvalue weighted by molar-refractivity contribution is -0.143. The molecule has 6 nitrogen and oxygen atoms in total. The Kier molecular flexibility index (Phi) is 70.3. The molecule has 0 fully saturated rings. The van der Waals surface area contributed by atoms with Crippen LogP contribution in [0.25, 0.3) is 0 Å². The fourth-order valence-electron chi connectivity index (χ4n) is 12.4. The number of rotatable bonds is 72. The third-order valence-electron chi connectivity index (χ3n) is 18.2. The molecule has 2 unspecified atom stereocenters. The number of aliphatic hydroxyl groups excluding tert-OH is 2. The third kappa shape index (κ3) is 67.9. The second-order valence-corrected chi connectivity index (χ2v) is 26.4. The van der Waals surface area contributed by atoms with Crippen LogP contribution in [0.5, 0.6) is 0 Å². The number of amides is 1. The minimum atomic E-state index is -0.665. The van der Waals surface area contributed by atoms with E-state index in [1.54, 1.807) is 0 Å². The molecule has 0 aliphatic heterocycles. The van der Waals surface area contributed by atoms with Crippen molar-refractivity contribution in [3.63, 3.8) is 0 Å². The van der Waals surface area contributed by atoms with Crippen molar-refractivity contribution in [2.75, 3.05) is 13.2 Å². The predicted molar refractivity (Wildman–Crippen MR) is 357 cm³/mol. The molecule has 0 aromatic rings. The SMILES string of the molecule is CCCCCCCCCCCCCCCCCCCCCCCCCCCC(O)C(CO)NC(=O)CCCCCCCCCCCCCCCCCCCCCCCCCOC(=O)CCCCCCCCCCCCCCCCCC. The van der Waals surface area contributed by atoms with E-state index in [1.807, 2.05) is 0 Å². The molecule has 6 heteroatoms. The Morgan fingerprint density at radius 2 is 0.506 bits per heavy atom. The van der Waals surface area contributed by atoms with Gasteiger partial charge in [-0.05, 0) is 25.7 Å². The molecule has 81 heavy (non-hydrogen) atoms. The average molecular weight is 1150 g/mol. The van der Waals surface area contributed by atoms with Gasteiger partial charge in [-0.25, -0.2) is 0 Å². The Bertz CT molecular complexity index is 1180. The van der Waals surface area contributed by atoms with Crippen LogP contribution in [0.2, 0.25) is 0 Å². The molecule has 0 saturated carbocycles. The number of unbranched alkanes of at least 4 members (excludes halogenated alkanes) is 61. The Labute approximate surface area is 508 Å². The summed E-state index contributed by atoms with van der Waals surface area (Å²) in [6.45, 7) is 5.01. The summed E-state index contributed by atoms with van der Waals surface area (Å²) in [4.78, 5) is 24.7. The van der Waals surface area contributed by atoms with Crippen molar-refractivity contribution in [3.8, 4) is 0 Å². The molecule has 0 rings (SSSR count). The van der Waals surface area contributed by atoms with E-state index in [9.17, 15) is 19.8 Å². The lowest BCUT2D eigenvalue weighted by Gasteiger charge is -2.22. The third-order valence-corrected chi connectivity index (χ3v) is 18.2. The fraction of sp³-hybridized carbons (Fsp3) is 0.973. The molecule has 0 radical (unpaired) electrons. The van der Waals surface area contributed by atoms with Gasteiger partial charge in [0.1, 0.15) is 0 Å². The summed E-state index contributed by atoms with van der Waals surface area (Å²) < 4.78 is 5.51. The lowest BCUT2D eigenvalue weighted by Crippen LogP contribution is -2.45. The summed E-state index contributed by atoms with van der Waals surface area (Å²) in [6, 6.07) is -0.542. The van der Waals surface area contributed by atoms with Gasteiger partial charge in [0.2, 0.25) is 5.91 Å². The highest BCUT2D eigenvalue weighted by Gasteiger charge is 2.20. The van der Waals surface area contributed by atoms with Gasteiger partial charge in [0.15, 0.2) is 0 Å². The number of aliphatic hydroxyl groups is 2. The molecular formula is C75H149NO5. The van der Waals surface area contributed by atoms with Crippen molar-refractivity contribution < 1.29 is 24.5 Å². The number of esters is 1. The Morgan fingerprint density at radius 1 is 0.296 bits per heavy atom. The number of nitrogens with one attached hydrogen (secondary N) is 1. The highest BCUT2D eigenvalue weighted by Crippen LogP contribution is 2.20. The zero-order chi connectivity index (χ0) is 58.5. The predicted octanol–water partition coefficient (Wildman–Crippen LogP) is 24.5. The van der Waals surface area contributed by atoms with Gasteiger partial charge in [-0.2, -0.15) is 0 Å². The Balaban J connectivity index is 3.35. The van der Waals surface area contributed by atoms with Crippen LogP contribution in [-0.2, 0) is 14.3 Å². The maximum atomic E-state index is 12.6. The first-order valence-electron chi connectivity index (χ1n) is 37.8. The molecule has 0 bridgehead atoms. The summed E-state index contributed by atoms with van der Waals surface area (Å²) in [6.07, 6.45) is 87.4. The molecule has 2 atom stereocenters. The topological polar surface area (TPSA) is 95.9 Å². The van der Waals surface area contributed by atoms with Crippen LogP contribution < -0.4 is 5.32 Å². The zero-order valence-electron chi connectivity index (χ0n) is 55.6. The van der Waals surface area contributed by atoms with Crippen molar-refractivity contribution >= 4 is 11.9 Å². The molecule has 484 valence electrons. The van der Waals surface area contributed by atoms with Crippen molar-refractivity contribution in [2.45, 2.75) is 456 Å². The summed E-state index contributed by atoms with van der Waals surface area (Å²) >= 11 is 0. The van der Waals surface area contributed by atoms with E-state index in [-0.39, 0.29) is 18.5 Å². The normalized spacial score (nSPS) is 12.4. The highest BCUT2D eigenvalue weighted by atomic mass is 16.5. The highest BCUT2D eigenvalue weighted by molar-refractivity contribution is 5.76. The molecule has 0 aromatic heterocycles. The minimum absolute atomic E-state index is 0.0197. The van der Waals surface area contributed by atoms with Crippen molar-refractivity contribution in [3.05, 3.63) is 0 Å². The summed E-state index contributed by atoms with van der Waals surface area (Å²) in [7, 11) is 0. The quantitative estimate of drug-likeness (QED) is 0.0417. The van der Waals surface area contributed by atoms with Gasteiger partial charge in [-0.3, -0.25) is 9.59 Å². The van der Waals surface area contributed by atoms with Crippen LogP contribution in [0.15, 0.2) is 0 Å². The summed E-state index contributed by atoms with van der Waals surface area (Å²) in [5.41, 5.74) is 0. The van der Waals surface area contributed by atoms with Crippen molar-refractivity contribution in [1.29, 1.82) is 0 Å². The van der Waals surface area contributed by atoms with E-state index in [4.69, 9.17) is 4.74 Å². The van der Waals surface area contributed by atoms with Crippen LogP contribution in [0, 0.1) is 0 Å². The first-order valence-corrected chi connectivity index (χ1v) is 37.8. The molecule has 0 aliphatic rings. The number of hydrogen-bond donors (Lipinski definition) is 3. The molecule has 0 aliphatic carbocycles. The number of carbonyl (C=O) groups excluding carboxylic acids is 2. The van der Waals surface area contributed by atoms with Gasteiger partial charge < -0.3 is 20.3 Å². The summed E-state index contributed by atoms with van der Waals surface area (Å²) in [5, 5.41) is 23.5. The van der Waals surface area contributed by atoms with E-state index in [1.165, 1.54) is 372 Å². The van der Waals surface area contributed by atoms with Crippen molar-refractivity contribution in [2.24, 2.45) is 0 Å². The van der Waals surface area contributed by atoms with Gasteiger partial charge in [0, 0.05) is 12.8 Å². The Hall–Kier alpha value is -1.14. The van der Waals surface area contributed by atoms with E-state index in [0.29, 0.717) is 25.9 Å². The van der Waals surface area contributed by atoms with E-state index in [0.717, 1.165) is 38.5 Å². The number of carbonyl (C=O) groups is 2. The van der Waals surface area contributed by atoms with Crippen LogP contribution in [-0.4, -0.2) is 47.4 Å². The minimum Gasteiger partial charge on any atom is -0.466 e. The maximum Gasteiger partial charge on any atom is 0.305 e. The monoisotopic (exact) mass is 1140 g/mol. The van der Waals surface area contributed by atoms with E-state index < -0.39 is 12.1 Å². The fourth-order valence-corrected chi connectivity index (χ4v) is 12.4. The molecule has 0 aromatic carbocycles. The van der Waals surface area contributed by atoms with Crippen LogP contribution >= 0.6 is 0 Å². The molecule has 1 amide bonds. The standard InChI is InChI=1S/C75H149NO5/c1-3-5-7-9-11-13-15-17-19-21-22-23-24-25-27-30-33-36-39-43-47-51-55-59-63-67-73(78)72(71-77)76-74(79)68-64-60-56-52-48-44-40-37-34-31-28-26-29-32-35-38-42-46-50-54-58-62-66-70-81-75(80)69-65-61-57-53-49-45-41-20-18-16-14-12-10-8-6-4-2/h72-73,77-78H,3-71H2,1-2H3,(H,76,79). The van der Waals surface area contributed by atoms with E-state index in [2.05, 4.69) is 19.2 Å². The zero-order valence-corrected chi connectivity index (χ0v) is 55.6. The van der Waals surface area contributed by atoms with Crippen LogP contribution in [0.3, 0.4) is 0 Å². The van der Waals surface area contributed by atoms with Crippen LogP contribution in [0.1, 0.15) is 444 Å². The Morgan fingerprint density at radius 3 is 0.753 bits per heavy atom. The molecule has 3 N–H and O–H groups in total. The van der Waals surface area contributed by atoms with Gasteiger partial charge in [-0.15, -0.1) is 0 Å². The summed E-state index contributed by atoms with van der Waals surface area (Å²) in [5.74, 6) is -0.00822. The van der Waals surface area contributed by atoms with Gasteiger partial charge >= 0.3 is 5.97 Å². The second kappa shape index (κ2) is 71.3. The largest absolute Gasteiger partial charge is 0.466 e. The first-order chi connectivity index (χ1) is 40.0. The molecule has 0 heterocycles. The van der Waals surface area contributed by atoms with Crippen LogP contribution in [0.4, 0.5) is 0 Å².